The largest absolute Gasteiger partial charge is 0.416 e. The molecule has 1 N–H and O–H groups in total. The van der Waals surface area contributed by atoms with Crippen molar-refractivity contribution in [2.75, 3.05) is 5.32 Å². The van der Waals surface area contributed by atoms with E-state index in [0.717, 1.165) is 21.3 Å². The molecule has 6 nitrogen and oxygen atoms in total. The average Bonchev–Trinajstić information content (AvgIpc) is 2.66. The summed E-state index contributed by atoms with van der Waals surface area (Å²) in [6.45, 7) is 4.95. The van der Waals surface area contributed by atoms with Crippen LogP contribution >= 0.6 is 23.2 Å². The molecular weight excluding hydrogens is 468 g/mol. The quantitative estimate of drug-likeness (QED) is 0.544. The molecule has 0 spiro atoms. The zero-order valence-corrected chi connectivity index (χ0v) is 18.8. The van der Waals surface area contributed by atoms with Crippen LogP contribution in [0.25, 0.3) is 0 Å². The molecule has 11 heteroatoms. The fourth-order valence-electron chi connectivity index (χ4n) is 3.03. The molecule has 0 saturated heterocycles. The Kier molecular flexibility index (Phi) is 6.44. The highest BCUT2D eigenvalue weighted by atomic mass is 35.5. The van der Waals surface area contributed by atoms with E-state index in [2.05, 4.69) is 10.3 Å². The number of hydrogen-bond donors (Lipinski definition) is 1. The molecule has 1 heterocycles. The Morgan fingerprint density at radius 2 is 1.69 bits per heavy atom. The maximum atomic E-state index is 13.2. The third-order valence-corrected chi connectivity index (χ3v) is 5.25. The summed E-state index contributed by atoms with van der Waals surface area (Å²) in [5.41, 5.74) is -2.68. The average molecular weight is 487 g/mol. The number of anilines is 2. The molecule has 0 atom stereocenters. The normalized spacial score (nSPS) is 12.1. The van der Waals surface area contributed by atoms with Gasteiger partial charge in [-0.05, 0) is 56.7 Å². The van der Waals surface area contributed by atoms with Crippen molar-refractivity contribution in [3.63, 3.8) is 0 Å². The molecule has 32 heavy (non-hydrogen) atoms. The van der Waals surface area contributed by atoms with Crippen LogP contribution in [0.4, 0.5) is 24.8 Å². The summed E-state index contributed by atoms with van der Waals surface area (Å²) in [4.78, 5) is 29.8. The highest BCUT2D eigenvalue weighted by Crippen LogP contribution is 2.31. The fraction of sp³-hybridized carbons (Fsp3) is 0.286. The first-order chi connectivity index (χ1) is 14.8. The van der Waals surface area contributed by atoms with Crippen LogP contribution in [-0.2, 0) is 18.3 Å². The summed E-state index contributed by atoms with van der Waals surface area (Å²) in [7, 11) is 0. The number of rotatable bonds is 4. The zero-order chi connectivity index (χ0) is 23.8. The maximum absolute atomic E-state index is 13.2. The predicted molar refractivity (Wildman–Crippen MR) is 118 cm³/mol. The lowest BCUT2D eigenvalue weighted by Crippen LogP contribution is -2.49. The van der Waals surface area contributed by atoms with Gasteiger partial charge in [0.15, 0.2) is 0 Å². The van der Waals surface area contributed by atoms with Crippen LogP contribution in [0.15, 0.2) is 52.1 Å². The van der Waals surface area contributed by atoms with Crippen molar-refractivity contribution in [2.45, 2.75) is 39.0 Å². The molecule has 0 saturated carbocycles. The first kappa shape index (κ1) is 23.9. The molecule has 2 aromatic carbocycles. The number of nitrogens with zero attached hydrogens (tertiary/aromatic N) is 3. The zero-order valence-electron chi connectivity index (χ0n) is 17.3. The van der Waals surface area contributed by atoms with Crippen molar-refractivity contribution in [1.82, 2.24) is 14.1 Å². The summed E-state index contributed by atoms with van der Waals surface area (Å²) in [5, 5.41) is 3.26. The Hall–Kier alpha value is -2.78. The van der Waals surface area contributed by atoms with E-state index in [-0.39, 0.29) is 23.2 Å². The van der Waals surface area contributed by atoms with Crippen molar-refractivity contribution in [3.05, 3.63) is 84.6 Å². The SMILES string of the molecule is CC(C)(C)n1c(=O)nc(Nc2cccc(C(F)(F)F)c2)n(Cc2ccc(Cl)c(Cl)c2)c1=O. The Labute approximate surface area is 191 Å². The van der Waals surface area contributed by atoms with Gasteiger partial charge in [0.05, 0.1) is 22.2 Å². The Morgan fingerprint density at radius 3 is 2.28 bits per heavy atom. The van der Waals surface area contributed by atoms with Crippen LogP contribution in [0.5, 0.6) is 0 Å². The molecule has 0 radical (unpaired) electrons. The van der Waals surface area contributed by atoms with Gasteiger partial charge in [-0.2, -0.15) is 18.2 Å². The fourth-order valence-corrected chi connectivity index (χ4v) is 3.35. The number of aromatic nitrogens is 3. The summed E-state index contributed by atoms with van der Waals surface area (Å²) in [5.74, 6) is -0.203. The molecule has 0 fully saturated rings. The van der Waals surface area contributed by atoms with Crippen molar-refractivity contribution in [2.24, 2.45) is 0 Å². The van der Waals surface area contributed by atoms with Gasteiger partial charge in [-0.1, -0.05) is 35.3 Å². The van der Waals surface area contributed by atoms with E-state index in [1.807, 2.05) is 0 Å². The molecule has 0 amide bonds. The van der Waals surface area contributed by atoms with Crippen LogP contribution in [-0.4, -0.2) is 14.1 Å². The smallest absolute Gasteiger partial charge is 0.325 e. The predicted octanol–water partition coefficient (Wildman–Crippen LogP) is 5.28. The van der Waals surface area contributed by atoms with Gasteiger partial charge in [0.25, 0.3) is 0 Å². The Bertz CT molecular complexity index is 1280. The number of benzene rings is 2. The second-order valence-corrected chi connectivity index (χ2v) is 8.86. The molecule has 0 aliphatic rings. The van der Waals surface area contributed by atoms with Gasteiger partial charge < -0.3 is 5.32 Å². The molecule has 170 valence electrons. The second-order valence-electron chi connectivity index (χ2n) is 8.04. The van der Waals surface area contributed by atoms with Gasteiger partial charge in [-0.3, -0.25) is 4.57 Å². The standard InChI is InChI=1S/C21H19Cl2F3N4O2/c1-20(2,3)30-18(31)28-17(27-14-6-4-5-13(10-14)21(24,25)26)29(19(30)32)11-12-7-8-15(22)16(23)9-12/h4-10H,11H2,1-3H3,(H,27,28,31). The summed E-state index contributed by atoms with van der Waals surface area (Å²) >= 11 is 12.0. The van der Waals surface area contributed by atoms with Crippen molar-refractivity contribution < 1.29 is 13.2 Å². The molecule has 3 aromatic rings. The third-order valence-electron chi connectivity index (χ3n) is 4.51. The molecule has 1 aromatic heterocycles. The number of nitrogens with one attached hydrogen (secondary N) is 1. The highest BCUT2D eigenvalue weighted by Gasteiger charge is 2.30. The minimum atomic E-state index is -4.56. The van der Waals surface area contributed by atoms with Crippen LogP contribution < -0.4 is 16.7 Å². The minimum Gasteiger partial charge on any atom is -0.325 e. The second kappa shape index (κ2) is 8.63. The lowest BCUT2D eigenvalue weighted by Gasteiger charge is -2.23. The van der Waals surface area contributed by atoms with Gasteiger partial charge in [0, 0.05) is 11.2 Å². The van der Waals surface area contributed by atoms with Gasteiger partial charge in [-0.25, -0.2) is 14.2 Å². The summed E-state index contributed by atoms with van der Waals surface area (Å²) in [6, 6.07) is 9.11. The van der Waals surface area contributed by atoms with E-state index in [1.165, 1.54) is 12.1 Å². The molecule has 0 aliphatic carbocycles. The van der Waals surface area contributed by atoms with Crippen molar-refractivity contribution in [3.8, 4) is 0 Å². The molecule has 0 aliphatic heterocycles. The van der Waals surface area contributed by atoms with Gasteiger partial charge >= 0.3 is 17.6 Å². The van der Waals surface area contributed by atoms with E-state index in [0.29, 0.717) is 10.6 Å². The first-order valence-electron chi connectivity index (χ1n) is 9.40. The first-order valence-corrected chi connectivity index (χ1v) is 10.2. The van der Waals surface area contributed by atoms with Crippen LogP contribution in [0.2, 0.25) is 10.0 Å². The number of halogens is 5. The van der Waals surface area contributed by atoms with Crippen LogP contribution in [0.1, 0.15) is 31.9 Å². The van der Waals surface area contributed by atoms with Gasteiger partial charge in [-0.15, -0.1) is 0 Å². The highest BCUT2D eigenvalue weighted by molar-refractivity contribution is 6.42. The molecule has 0 bridgehead atoms. The van der Waals surface area contributed by atoms with Crippen molar-refractivity contribution in [1.29, 1.82) is 0 Å². The minimum absolute atomic E-state index is 0.0162. The van der Waals surface area contributed by atoms with Gasteiger partial charge in [0.2, 0.25) is 5.95 Å². The van der Waals surface area contributed by atoms with Crippen LogP contribution in [0, 0.1) is 0 Å². The maximum Gasteiger partial charge on any atom is 0.416 e. The van der Waals surface area contributed by atoms with E-state index >= 15 is 0 Å². The monoisotopic (exact) mass is 486 g/mol. The Balaban J connectivity index is 2.16. The third kappa shape index (κ3) is 5.16. The van der Waals surface area contributed by atoms with E-state index in [1.54, 1.807) is 39.0 Å². The van der Waals surface area contributed by atoms with E-state index < -0.39 is 28.7 Å². The van der Waals surface area contributed by atoms with E-state index in [9.17, 15) is 22.8 Å². The summed E-state index contributed by atoms with van der Waals surface area (Å²) < 4.78 is 41.4. The number of alkyl halides is 3. The summed E-state index contributed by atoms with van der Waals surface area (Å²) in [6.07, 6.45) is -4.56. The lowest BCUT2D eigenvalue weighted by atomic mass is 10.1. The number of hydrogen-bond acceptors (Lipinski definition) is 4. The molecule has 3 rings (SSSR count). The van der Waals surface area contributed by atoms with Crippen molar-refractivity contribution >= 4 is 34.8 Å². The Morgan fingerprint density at radius 1 is 1.00 bits per heavy atom. The van der Waals surface area contributed by atoms with Gasteiger partial charge in [0.1, 0.15) is 0 Å². The molecule has 0 unspecified atom stereocenters. The molecular formula is C21H19Cl2F3N4O2. The van der Waals surface area contributed by atoms with Crippen LogP contribution in [0.3, 0.4) is 0 Å². The van der Waals surface area contributed by atoms with E-state index in [4.69, 9.17) is 23.2 Å². The lowest BCUT2D eigenvalue weighted by molar-refractivity contribution is -0.137. The topological polar surface area (TPSA) is 68.9 Å².